The Kier molecular flexibility index (Phi) is 6.50. The van der Waals surface area contributed by atoms with E-state index in [1.165, 1.54) is 15.3 Å². The topological polar surface area (TPSA) is 57.7 Å². The van der Waals surface area contributed by atoms with E-state index in [0.717, 1.165) is 22.9 Å². The summed E-state index contributed by atoms with van der Waals surface area (Å²) < 4.78 is 54.6. The Bertz CT molecular complexity index is 1290. The number of rotatable bonds is 5. The molecule has 1 amide bonds. The standard InChI is InChI=1S/C25H26F2N2O3S/c1-17(20-8-10-23(26)24(27)16-20)28(2)25(30)19-11-13-29(14-12-19)33(31,32)22-9-7-18-5-3-4-6-21(18)15-22/h3-10,15-17,19H,11-14H2,1-2H3. The number of piperidine rings is 1. The Morgan fingerprint density at radius 2 is 1.64 bits per heavy atom. The molecule has 0 saturated carbocycles. The van der Waals surface area contributed by atoms with Gasteiger partial charge in [0.1, 0.15) is 0 Å². The summed E-state index contributed by atoms with van der Waals surface area (Å²) in [6.45, 7) is 2.25. The summed E-state index contributed by atoms with van der Waals surface area (Å²) in [5.41, 5.74) is 0.501. The fourth-order valence-electron chi connectivity index (χ4n) is 4.29. The second kappa shape index (κ2) is 9.19. The fraction of sp³-hybridized carbons (Fsp3) is 0.320. The minimum atomic E-state index is -3.66. The summed E-state index contributed by atoms with van der Waals surface area (Å²) >= 11 is 0. The minimum absolute atomic E-state index is 0.130. The van der Waals surface area contributed by atoms with Gasteiger partial charge in [-0.2, -0.15) is 4.31 Å². The van der Waals surface area contributed by atoms with Gasteiger partial charge in [0, 0.05) is 26.1 Å². The fourth-order valence-corrected chi connectivity index (χ4v) is 5.80. The first-order valence-electron chi connectivity index (χ1n) is 10.9. The van der Waals surface area contributed by atoms with Crippen molar-refractivity contribution in [3.05, 3.63) is 77.9 Å². The molecule has 0 aliphatic carbocycles. The van der Waals surface area contributed by atoms with Crippen molar-refractivity contribution in [3.8, 4) is 0 Å². The summed E-state index contributed by atoms with van der Waals surface area (Å²) in [5.74, 6) is -2.34. The molecule has 1 aliphatic rings. The van der Waals surface area contributed by atoms with Crippen molar-refractivity contribution in [1.82, 2.24) is 9.21 Å². The Morgan fingerprint density at radius 3 is 2.30 bits per heavy atom. The van der Waals surface area contributed by atoms with Crippen LogP contribution in [0.3, 0.4) is 0 Å². The maximum Gasteiger partial charge on any atom is 0.243 e. The van der Waals surface area contributed by atoms with Crippen molar-refractivity contribution < 1.29 is 22.0 Å². The molecule has 0 bridgehead atoms. The molecule has 0 radical (unpaired) electrons. The molecule has 3 aromatic rings. The number of hydrogen-bond donors (Lipinski definition) is 0. The smallest absolute Gasteiger partial charge is 0.243 e. The lowest BCUT2D eigenvalue weighted by Crippen LogP contribution is -2.44. The first-order valence-corrected chi connectivity index (χ1v) is 12.3. The highest BCUT2D eigenvalue weighted by molar-refractivity contribution is 7.89. The molecule has 0 aromatic heterocycles. The van der Waals surface area contributed by atoms with E-state index in [1.54, 1.807) is 32.2 Å². The Hall–Kier alpha value is -2.84. The number of carbonyl (C=O) groups is 1. The molecular weight excluding hydrogens is 446 g/mol. The molecule has 1 fully saturated rings. The molecule has 33 heavy (non-hydrogen) atoms. The number of halogens is 2. The van der Waals surface area contributed by atoms with Crippen molar-refractivity contribution >= 4 is 26.7 Å². The third-order valence-electron chi connectivity index (χ3n) is 6.52. The van der Waals surface area contributed by atoms with E-state index in [9.17, 15) is 22.0 Å². The minimum Gasteiger partial charge on any atom is -0.339 e. The SMILES string of the molecule is CC(c1ccc(F)c(F)c1)N(C)C(=O)C1CCN(S(=O)(=O)c2ccc3ccccc3c2)CC1. The quantitative estimate of drug-likeness (QED) is 0.539. The summed E-state index contributed by atoms with van der Waals surface area (Å²) in [6.07, 6.45) is 0.807. The molecule has 0 N–H and O–H groups in total. The molecule has 0 spiro atoms. The molecule has 1 atom stereocenters. The van der Waals surface area contributed by atoms with Gasteiger partial charge in [-0.25, -0.2) is 17.2 Å². The van der Waals surface area contributed by atoms with E-state index in [-0.39, 0.29) is 29.8 Å². The Balaban J connectivity index is 1.42. The highest BCUT2D eigenvalue weighted by Crippen LogP contribution is 2.29. The van der Waals surface area contributed by atoms with Gasteiger partial charge >= 0.3 is 0 Å². The van der Waals surface area contributed by atoms with Crippen LogP contribution in [0.2, 0.25) is 0 Å². The second-order valence-electron chi connectivity index (χ2n) is 8.49. The van der Waals surface area contributed by atoms with Crippen LogP contribution in [0.5, 0.6) is 0 Å². The van der Waals surface area contributed by atoms with Gasteiger partial charge in [-0.3, -0.25) is 4.79 Å². The molecular formula is C25H26F2N2O3S. The second-order valence-corrected chi connectivity index (χ2v) is 10.4. The predicted molar refractivity (Wildman–Crippen MR) is 123 cm³/mol. The van der Waals surface area contributed by atoms with E-state index < -0.39 is 27.7 Å². The van der Waals surface area contributed by atoms with Crippen LogP contribution in [0.4, 0.5) is 8.78 Å². The number of nitrogens with zero attached hydrogens (tertiary/aromatic N) is 2. The predicted octanol–water partition coefficient (Wildman–Crippen LogP) is 4.74. The maximum absolute atomic E-state index is 13.6. The molecule has 1 saturated heterocycles. The van der Waals surface area contributed by atoms with Crippen LogP contribution in [0.15, 0.2) is 65.6 Å². The van der Waals surface area contributed by atoms with Gasteiger partial charge in [0.15, 0.2) is 11.6 Å². The lowest BCUT2D eigenvalue weighted by Gasteiger charge is -2.34. The number of sulfonamides is 1. The zero-order valence-corrected chi connectivity index (χ0v) is 19.4. The van der Waals surface area contributed by atoms with Crippen LogP contribution in [0.25, 0.3) is 10.8 Å². The number of hydrogen-bond acceptors (Lipinski definition) is 3. The van der Waals surface area contributed by atoms with Gasteiger partial charge in [0.2, 0.25) is 15.9 Å². The summed E-state index contributed by atoms with van der Waals surface area (Å²) in [4.78, 5) is 14.8. The van der Waals surface area contributed by atoms with Gasteiger partial charge in [-0.15, -0.1) is 0 Å². The van der Waals surface area contributed by atoms with Crippen molar-refractivity contribution in [2.75, 3.05) is 20.1 Å². The van der Waals surface area contributed by atoms with Gasteiger partial charge < -0.3 is 4.90 Å². The molecule has 4 rings (SSSR count). The average molecular weight is 473 g/mol. The third-order valence-corrected chi connectivity index (χ3v) is 8.41. The van der Waals surface area contributed by atoms with Crippen molar-refractivity contribution in [2.24, 2.45) is 5.92 Å². The van der Waals surface area contributed by atoms with E-state index in [4.69, 9.17) is 0 Å². The van der Waals surface area contributed by atoms with E-state index in [0.29, 0.717) is 18.4 Å². The van der Waals surface area contributed by atoms with Crippen molar-refractivity contribution in [2.45, 2.75) is 30.7 Å². The van der Waals surface area contributed by atoms with Crippen molar-refractivity contribution in [1.29, 1.82) is 0 Å². The number of amides is 1. The van der Waals surface area contributed by atoms with E-state index in [2.05, 4.69) is 0 Å². The number of carbonyl (C=O) groups excluding carboxylic acids is 1. The van der Waals surface area contributed by atoms with Gasteiger partial charge in [-0.05, 0) is 60.4 Å². The lowest BCUT2D eigenvalue weighted by atomic mass is 9.95. The molecule has 5 nitrogen and oxygen atoms in total. The monoisotopic (exact) mass is 472 g/mol. The number of fused-ring (bicyclic) bond motifs is 1. The molecule has 1 aliphatic heterocycles. The van der Waals surface area contributed by atoms with Crippen LogP contribution in [-0.4, -0.2) is 43.7 Å². The molecule has 1 unspecified atom stereocenters. The number of benzene rings is 3. The van der Waals surface area contributed by atoms with Gasteiger partial charge in [0.05, 0.1) is 10.9 Å². The van der Waals surface area contributed by atoms with Crippen LogP contribution in [0.1, 0.15) is 31.4 Å². The average Bonchev–Trinajstić information content (AvgIpc) is 2.84. The first kappa shape index (κ1) is 23.3. The third kappa shape index (κ3) is 4.63. The largest absolute Gasteiger partial charge is 0.339 e. The summed E-state index contributed by atoms with van der Waals surface area (Å²) in [6, 6.07) is 15.9. The Morgan fingerprint density at radius 1 is 0.970 bits per heavy atom. The molecule has 1 heterocycles. The van der Waals surface area contributed by atoms with Crippen LogP contribution in [0, 0.1) is 17.6 Å². The normalized spacial score (nSPS) is 16.6. The van der Waals surface area contributed by atoms with Crippen molar-refractivity contribution in [3.63, 3.8) is 0 Å². The van der Waals surface area contributed by atoms with Crippen LogP contribution in [-0.2, 0) is 14.8 Å². The molecule has 174 valence electrons. The van der Waals surface area contributed by atoms with E-state index in [1.807, 2.05) is 24.3 Å². The zero-order valence-electron chi connectivity index (χ0n) is 18.5. The van der Waals surface area contributed by atoms with Crippen LogP contribution >= 0.6 is 0 Å². The van der Waals surface area contributed by atoms with Crippen LogP contribution < -0.4 is 0 Å². The summed E-state index contributed by atoms with van der Waals surface area (Å²) in [5, 5.41) is 1.83. The zero-order chi connectivity index (χ0) is 23.8. The summed E-state index contributed by atoms with van der Waals surface area (Å²) in [7, 11) is -2.03. The van der Waals surface area contributed by atoms with Gasteiger partial charge in [0.25, 0.3) is 0 Å². The maximum atomic E-state index is 13.6. The van der Waals surface area contributed by atoms with Gasteiger partial charge in [-0.1, -0.05) is 36.4 Å². The highest BCUT2D eigenvalue weighted by atomic mass is 32.2. The van der Waals surface area contributed by atoms with E-state index >= 15 is 0 Å². The molecule has 8 heteroatoms. The lowest BCUT2D eigenvalue weighted by molar-refractivity contribution is -0.137. The first-order chi connectivity index (χ1) is 15.7. The highest BCUT2D eigenvalue weighted by Gasteiger charge is 2.34. The molecule has 3 aromatic carbocycles. The Labute approximate surface area is 192 Å².